The van der Waals surface area contributed by atoms with Gasteiger partial charge in [0.25, 0.3) is 0 Å². The SMILES string of the molecule is CCc1c(F)c(O)c(F)c2oc(=O)c(C(=O)O)cc12. The summed E-state index contributed by atoms with van der Waals surface area (Å²) in [5.74, 6) is -5.45. The van der Waals surface area contributed by atoms with Crippen LogP contribution in [0.2, 0.25) is 0 Å². The van der Waals surface area contributed by atoms with E-state index < -0.39 is 40.1 Å². The molecular formula is C12H8F2O5. The summed E-state index contributed by atoms with van der Waals surface area (Å²) in [7, 11) is 0. The van der Waals surface area contributed by atoms with Gasteiger partial charge in [-0.3, -0.25) is 0 Å². The number of aromatic carboxylic acids is 1. The summed E-state index contributed by atoms with van der Waals surface area (Å²) in [5, 5.41) is 17.9. The Hall–Kier alpha value is -2.44. The molecule has 2 N–H and O–H groups in total. The zero-order valence-corrected chi connectivity index (χ0v) is 9.66. The first kappa shape index (κ1) is 13.0. The number of aryl methyl sites for hydroxylation is 1. The summed E-state index contributed by atoms with van der Waals surface area (Å²) in [6.45, 7) is 1.53. The van der Waals surface area contributed by atoms with Crippen LogP contribution in [-0.4, -0.2) is 16.2 Å². The van der Waals surface area contributed by atoms with Crippen molar-refractivity contribution in [2.24, 2.45) is 0 Å². The fraction of sp³-hybridized carbons (Fsp3) is 0.167. The van der Waals surface area contributed by atoms with E-state index in [1.54, 1.807) is 0 Å². The number of benzene rings is 1. The number of phenols is 1. The molecule has 0 radical (unpaired) electrons. The highest BCUT2D eigenvalue weighted by atomic mass is 19.1. The van der Waals surface area contributed by atoms with Crippen LogP contribution in [0.1, 0.15) is 22.8 Å². The Kier molecular flexibility index (Phi) is 2.97. The van der Waals surface area contributed by atoms with Crippen LogP contribution in [0.25, 0.3) is 11.0 Å². The van der Waals surface area contributed by atoms with E-state index in [0.717, 1.165) is 6.07 Å². The highest BCUT2D eigenvalue weighted by Gasteiger charge is 2.23. The molecular weight excluding hydrogens is 262 g/mol. The zero-order chi connectivity index (χ0) is 14.3. The molecule has 0 saturated heterocycles. The number of phenolic OH excluding ortho intramolecular Hbond substituents is 1. The monoisotopic (exact) mass is 270 g/mol. The second-order valence-electron chi connectivity index (χ2n) is 3.80. The molecule has 2 rings (SSSR count). The molecule has 1 heterocycles. The molecule has 0 unspecified atom stereocenters. The molecule has 5 nitrogen and oxygen atoms in total. The topological polar surface area (TPSA) is 87.7 Å². The van der Waals surface area contributed by atoms with Crippen molar-refractivity contribution in [2.45, 2.75) is 13.3 Å². The van der Waals surface area contributed by atoms with Gasteiger partial charge in [0.15, 0.2) is 17.1 Å². The average Bonchev–Trinajstić information content (AvgIpc) is 2.37. The molecule has 0 aliphatic rings. The summed E-state index contributed by atoms with van der Waals surface area (Å²) >= 11 is 0. The van der Waals surface area contributed by atoms with Gasteiger partial charge >= 0.3 is 11.6 Å². The smallest absolute Gasteiger partial charge is 0.351 e. The first-order valence-electron chi connectivity index (χ1n) is 5.28. The minimum atomic E-state index is -1.56. The molecule has 0 bridgehead atoms. The predicted octanol–water partition coefficient (Wildman–Crippen LogP) is 2.04. The third kappa shape index (κ3) is 1.83. The second kappa shape index (κ2) is 4.34. The van der Waals surface area contributed by atoms with Crippen LogP contribution in [0.4, 0.5) is 8.78 Å². The summed E-state index contributed by atoms with van der Waals surface area (Å²) in [6, 6.07) is 0.841. The Morgan fingerprint density at radius 3 is 2.53 bits per heavy atom. The molecule has 0 aliphatic heterocycles. The maximum Gasteiger partial charge on any atom is 0.351 e. The van der Waals surface area contributed by atoms with Gasteiger partial charge in [0.1, 0.15) is 5.56 Å². The molecule has 0 amide bonds. The molecule has 0 saturated carbocycles. The van der Waals surface area contributed by atoms with E-state index in [9.17, 15) is 23.5 Å². The first-order chi connectivity index (χ1) is 8.88. The molecule has 19 heavy (non-hydrogen) atoms. The number of halogens is 2. The highest BCUT2D eigenvalue weighted by molar-refractivity contribution is 5.93. The lowest BCUT2D eigenvalue weighted by atomic mass is 10.0. The Bertz CT molecular complexity index is 748. The van der Waals surface area contributed by atoms with Crippen LogP contribution in [0, 0.1) is 11.6 Å². The molecule has 1 aromatic heterocycles. The van der Waals surface area contributed by atoms with Crippen molar-refractivity contribution in [3.8, 4) is 5.75 Å². The lowest BCUT2D eigenvalue weighted by Crippen LogP contribution is -2.14. The van der Waals surface area contributed by atoms with Crippen LogP contribution >= 0.6 is 0 Å². The number of hydrogen-bond donors (Lipinski definition) is 2. The summed E-state index contributed by atoms with van der Waals surface area (Å²) in [6.07, 6.45) is 0.0585. The van der Waals surface area contributed by atoms with E-state index in [4.69, 9.17) is 5.11 Å². The highest BCUT2D eigenvalue weighted by Crippen LogP contribution is 2.32. The van der Waals surface area contributed by atoms with Crippen molar-refractivity contribution >= 4 is 16.9 Å². The van der Waals surface area contributed by atoms with Gasteiger partial charge in [0.05, 0.1) is 0 Å². The van der Waals surface area contributed by atoms with Crippen LogP contribution in [0.5, 0.6) is 5.75 Å². The van der Waals surface area contributed by atoms with Gasteiger partial charge in [-0.25, -0.2) is 14.0 Å². The van der Waals surface area contributed by atoms with Crippen molar-refractivity contribution < 1.29 is 28.2 Å². The molecule has 0 fully saturated rings. The molecule has 100 valence electrons. The fourth-order valence-corrected chi connectivity index (χ4v) is 1.82. The van der Waals surface area contributed by atoms with Gasteiger partial charge < -0.3 is 14.6 Å². The van der Waals surface area contributed by atoms with Crippen molar-refractivity contribution in [1.82, 2.24) is 0 Å². The van der Waals surface area contributed by atoms with Gasteiger partial charge in [-0.1, -0.05) is 6.92 Å². The second-order valence-corrected chi connectivity index (χ2v) is 3.80. The van der Waals surface area contributed by atoms with E-state index in [1.807, 2.05) is 0 Å². The fourth-order valence-electron chi connectivity index (χ4n) is 1.82. The summed E-state index contributed by atoms with van der Waals surface area (Å²) < 4.78 is 31.8. The Balaban J connectivity index is 3.04. The zero-order valence-electron chi connectivity index (χ0n) is 9.66. The molecule has 0 spiro atoms. The maximum atomic E-state index is 13.7. The quantitative estimate of drug-likeness (QED) is 0.815. The van der Waals surface area contributed by atoms with Crippen molar-refractivity contribution in [3.05, 3.63) is 39.2 Å². The van der Waals surface area contributed by atoms with Crippen LogP contribution in [-0.2, 0) is 6.42 Å². The van der Waals surface area contributed by atoms with Crippen molar-refractivity contribution in [2.75, 3.05) is 0 Å². The van der Waals surface area contributed by atoms with E-state index in [-0.39, 0.29) is 17.4 Å². The standard InChI is InChI=1S/C12H8F2O5/c1-2-4-5-3-6(11(16)17)12(18)19-10(5)8(14)9(15)7(4)13/h3,15H,2H2,1H3,(H,16,17). The lowest BCUT2D eigenvalue weighted by Gasteiger charge is -2.08. The van der Waals surface area contributed by atoms with Crippen LogP contribution < -0.4 is 5.63 Å². The van der Waals surface area contributed by atoms with E-state index in [1.165, 1.54) is 6.92 Å². The molecule has 0 atom stereocenters. The Labute approximate surface area is 104 Å². The summed E-state index contributed by atoms with van der Waals surface area (Å²) in [4.78, 5) is 22.1. The Morgan fingerprint density at radius 2 is 2.00 bits per heavy atom. The first-order valence-corrected chi connectivity index (χ1v) is 5.28. The molecule has 1 aromatic carbocycles. The van der Waals surface area contributed by atoms with Crippen LogP contribution in [0.15, 0.2) is 15.3 Å². The van der Waals surface area contributed by atoms with Gasteiger partial charge in [0.2, 0.25) is 5.82 Å². The third-order valence-electron chi connectivity index (χ3n) is 2.74. The van der Waals surface area contributed by atoms with E-state index >= 15 is 0 Å². The van der Waals surface area contributed by atoms with Crippen molar-refractivity contribution in [1.29, 1.82) is 0 Å². The number of fused-ring (bicyclic) bond motifs is 1. The van der Waals surface area contributed by atoms with E-state index in [0.29, 0.717) is 0 Å². The number of rotatable bonds is 2. The van der Waals surface area contributed by atoms with E-state index in [2.05, 4.69) is 4.42 Å². The summed E-state index contributed by atoms with van der Waals surface area (Å²) in [5.41, 5.74) is -2.79. The van der Waals surface area contributed by atoms with Gasteiger partial charge in [-0.05, 0) is 12.5 Å². The maximum absolute atomic E-state index is 13.7. The predicted molar refractivity (Wildman–Crippen MR) is 60.4 cm³/mol. The number of aromatic hydroxyl groups is 1. The minimum absolute atomic E-state index is 0.0585. The van der Waals surface area contributed by atoms with Crippen molar-refractivity contribution in [3.63, 3.8) is 0 Å². The molecule has 0 aliphatic carbocycles. The molecule has 2 aromatic rings. The largest absolute Gasteiger partial charge is 0.503 e. The average molecular weight is 270 g/mol. The lowest BCUT2D eigenvalue weighted by molar-refractivity contribution is 0.0692. The van der Waals surface area contributed by atoms with Gasteiger partial charge in [-0.15, -0.1) is 0 Å². The van der Waals surface area contributed by atoms with Gasteiger partial charge in [0, 0.05) is 10.9 Å². The minimum Gasteiger partial charge on any atom is -0.503 e. The van der Waals surface area contributed by atoms with Gasteiger partial charge in [-0.2, -0.15) is 4.39 Å². The number of carboxylic acid groups (broad SMARTS) is 1. The number of carbonyl (C=O) groups is 1. The normalized spacial score (nSPS) is 10.9. The Morgan fingerprint density at radius 1 is 1.37 bits per heavy atom. The number of hydrogen-bond acceptors (Lipinski definition) is 4. The third-order valence-corrected chi connectivity index (χ3v) is 2.74. The van der Waals surface area contributed by atoms with Crippen LogP contribution in [0.3, 0.4) is 0 Å². The number of carboxylic acids is 1. The molecule has 7 heteroatoms.